The molecule has 1 saturated heterocycles. The van der Waals surface area contributed by atoms with Gasteiger partial charge < -0.3 is 14.4 Å². The van der Waals surface area contributed by atoms with Gasteiger partial charge in [-0.3, -0.25) is 10.1 Å². The lowest BCUT2D eigenvalue weighted by Gasteiger charge is -2.31. The molecule has 0 N–H and O–H groups in total. The van der Waals surface area contributed by atoms with E-state index in [0.29, 0.717) is 26.3 Å². The maximum absolute atomic E-state index is 10.9. The zero-order valence-electron chi connectivity index (χ0n) is 11.1. The SMILES string of the molecule is CCOc1cc(N2CCOC(C#N)C2)ccc1[N+](=O)[O-]. The topological polar surface area (TPSA) is 88.6 Å². The molecule has 1 aromatic carbocycles. The minimum Gasteiger partial charge on any atom is -0.487 e. The highest BCUT2D eigenvalue weighted by Crippen LogP contribution is 2.32. The number of hydrogen-bond acceptors (Lipinski definition) is 6. The molecule has 20 heavy (non-hydrogen) atoms. The summed E-state index contributed by atoms with van der Waals surface area (Å²) < 4.78 is 10.6. The molecule has 1 unspecified atom stereocenters. The Kier molecular flexibility index (Phi) is 4.38. The van der Waals surface area contributed by atoms with Crippen molar-refractivity contribution in [3.05, 3.63) is 28.3 Å². The summed E-state index contributed by atoms with van der Waals surface area (Å²) in [4.78, 5) is 12.4. The molecule has 7 nitrogen and oxygen atoms in total. The van der Waals surface area contributed by atoms with Gasteiger partial charge in [-0.15, -0.1) is 0 Å². The van der Waals surface area contributed by atoms with Crippen molar-refractivity contribution in [1.29, 1.82) is 5.26 Å². The summed E-state index contributed by atoms with van der Waals surface area (Å²) >= 11 is 0. The summed E-state index contributed by atoms with van der Waals surface area (Å²) in [5, 5.41) is 19.8. The molecule has 0 aromatic heterocycles. The van der Waals surface area contributed by atoms with Crippen molar-refractivity contribution in [2.24, 2.45) is 0 Å². The molecule has 2 rings (SSSR count). The summed E-state index contributed by atoms with van der Waals surface area (Å²) in [5.41, 5.74) is 0.739. The number of hydrogen-bond donors (Lipinski definition) is 0. The zero-order valence-corrected chi connectivity index (χ0v) is 11.1. The number of anilines is 1. The third-order valence-electron chi connectivity index (χ3n) is 3.02. The molecule has 7 heteroatoms. The Bertz CT molecular complexity index is 541. The fraction of sp³-hybridized carbons (Fsp3) is 0.462. The molecule has 1 aliphatic rings. The quantitative estimate of drug-likeness (QED) is 0.615. The Morgan fingerprint density at radius 1 is 1.65 bits per heavy atom. The van der Waals surface area contributed by atoms with E-state index in [2.05, 4.69) is 6.07 Å². The van der Waals surface area contributed by atoms with Gasteiger partial charge in [0.15, 0.2) is 11.9 Å². The van der Waals surface area contributed by atoms with Gasteiger partial charge in [0.05, 0.1) is 30.8 Å². The van der Waals surface area contributed by atoms with Crippen LogP contribution in [0.3, 0.4) is 0 Å². The molecule has 1 heterocycles. The second-order valence-electron chi connectivity index (χ2n) is 4.28. The van der Waals surface area contributed by atoms with E-state index in [4.69, 9.17) is 14.7 Å². The normalized spacial score (nSPS) is 18.4. The minimum absolute atomic E-state index is 0.0549. The van der Waals surface area contributed by atoms with Gasteiger partial charge in [-0.05, 0) is 13.0 Å². The molecule has 1 aromatic rings. The molecule has 0 bridgehead atoms. The molecule has 1 atom stereocenters. The molecule has 1 fully saturated rings. The van der Waals surface area contributed by atoms with Crippen LogP contribution in [0.1, 0.15) is 6.92 Å². The molecule has 0 amide bonds. The average Bonchev–Trinajstić information content (AvgIpc) is 2.47. The lowest BCUT2D eigenvalue weighted by molar-refractivity contribution is -0.385. The number of rotatable bonds is 4. The Hall–Kier alpha value is -2.33. The summed E-state index contributed by atoms with van der Waals surface area (Å²) in [6, 6.07) is 6.80. The standard InChI is InChI=1S/C13H15N3O4/c1-2-19-13-7-10(3-4-12(13)16(17)18)15-5-6-20-11(8-14)9-15/h3-4,7,11H,2,5-6,9H2,1H3. The van der Waals surface area contributed by atoms with Crippen LogP contribution in [0.25, 0.3) is 0 Å². The van der Waals surface area contributed by atoms with Crippen molar-refractivity contribution in [3.63, 3.8) is 0 Å². The van der Waals surface area contributed by atoms with Gasteiger partial charge in [-0.2, -0.15) is 5.26 Å². The highest BCUT2D eigenvalue weighted by Gasteiger charge is 2.23. The largest absolute Gasteiger partial charge is 0.487 e. The van der Waals surface area contributed by atoms with E-state index in [1.807, 2.05) is 4.90 Å². The highest BCUT2D eigenvalue weighted by atomic mass is 16.6. The summed E-state index contributed by atoms with van der Waals surface area (Å²) in [7, 11) is 0. The van der Waals surface area contributed by atoms with Gasteiger partial charge in [-0.1, -0.05) is 0 Å². The first-order valence-corrected chi connectivity index (χ1v) is 6.33. The maximum Gasteiger partial charge on any atom is 0.311 e. The number of ether oxygens (including phenoxy) is 2. The van der Waals surface area contributed by atoms with Crippen LogP contribution >= 0.6 is 0 Å². The molecule has 106 valence electrons. The van der Waals surface area contributed by atoms with Crippen molar-refractivity contribution in [2.45, 2.75) is 13.0 Å². The van der Waals surface area contributed by atoms with Gasteiger partial charge in [0, 0.05) is 24.4 Å². The van der Waals surface area contributed by atoms with Crippen molar-refractivity contribution in [1.82, 2.24) is 0 Å². The molecular weight excluding hydrogens is 262 g/mol. The number of benzene rings is 1. The lowest BCUT2D eigenvalue weighted by atomic mass is 10.2. The average molecular weight is 277 g/mol. The van der Waals surface area contributed by atoms with Gasteiger partial charge in [0.1, 0.15) is 0 Å². The Morgan fingerprint density at radius 3 is 3.10 bits per heavy atom. The number of morpholine rings is 1. The first-order chi connectivity index (χ1) is 9.65. The van der Waals surface area contributed by atoms with E-state index in [1.54, 1.807) is 19.1 Å². The predicted octanol–water partition coefficient (Wildman–Crippen LogP) is 1.72. The van der Waals surface area contributed by atoms with Crippen molar-refractivity contribution < 1.29 is 14.4 Å². The monoisotopic (exact) mass is 277 g/mol. The highest BCUT2D eigenvalue weighted by molar-refractivity contribution is 5.59. The van der Waals surface area contributed by atoms with Crippen LogP contribution < -0.4 is 9.64 Å². The van der Waals surface area contributed by atoms with E-state index in [0.717, 1.165) is 5.69 Å². The maximum atomic E-state index is 10.9. The van der Waals surface area contributed by atoms with Crippen LogP contribution in [-0.2, 0) is 4.74 Å². The Balaban J connectivity index is 2.26. The summed E-state index contributed by atoms with van der Waals surface area (Å²) in [5.74, 6) is 0.245. The Morgan fingerprint density at radius 2 is 2.45 bits per heavy atom. The second-order valence-corrected chi connectivity index (χ2v) is 4.28. The van der Waals surface area contributed by atoms with Crippen LogP contribution in [0, 0.1) is 21.4 Å². The van der Waals surface area contributed by atoms with E-state index in [1.165, 1.54) is 6.07 Å². The molecule has 0 saturated carbocycles. The minimum atomic E-state index is -0.477. The summed E-state index contributed by atoms with van der Waals surface area (Å²) in [6.45, 7) is 3.67. The van der Waals surface area contributed by atoms with Crippen LogP contribution in [0.15, 0.2) is 18.2 Å². The number of nitrogens with zero attached hydrogens (tertiary/aromatic N) is 3. The van der Waals surface area contributed by atoms with Crippen LogP contribution in [0.2, 0.25) is 0 Å². The predicted molar refractivity (Wildman–Crippen MR) is 71.8 cm³/mol. The third-order valence-corrected chi connectivity index (χ3v) is 3.02. The van der Waals surface area contributed by atoms with Crippen molar-refractivity contribution >= 4 is 11.4 Å². The van der Waals surface area contributed by atoms with Crippen LogP contribution in [0.4, 0.5) is 11.4 Å². The van der Waals surface area contributed by atoms with Gasteiger partial charge in [0.2, 0.25) is 0 Å². The van der Waals surface area contributed by atoms with Gasteiger partial charge in [0.25, 0.3) is 0 Å². The molecule has 0 aliphatic carbocycles. The Labute approximate surface area is 116 Å². The lowest BCUT2D eigenvalue weighted by Crippen LogP contribution is -2.41. The second kappa shape index (κ2) is 6.21. The van der Waals surface area contributed by atoms with Gasteiger partial charge >= 0.3 is 5.69 Å². The van der Waals surface area contributed by atoms with Crippen molar-refractivity contribution in [2.75, 3.05) is 31.2 Å². The third kappa shape index (κ3) is 2.97. The van der Waals surface area contributed by atoms with Crippen molar-refractivity contribution in [3.8, 4) is 11.8 Å². The molecule has 0 radical (unpaired) electrons. The fourth-order valence-corrected chi connectivity index (χ4v) is 2.08. The van der Waals surface area contributed by atoms with Gasteiger partial charge in [-0.25, -0.2) is 0 Å². The van der Waals surface area contributed by atoms with E-state index < -0.39 is 11.0 Å². The number of nitro benzene ring substituents is 1. The number of nitro groups is 1. The zero-order chi connectivity index (χ0) is 14.5. The molecule has 0 spiro atoms. The van der Waals surface area contributed by atoms with Crippen LogP contribution in [-0.4, -0.2) is 37.3 Å². The summed E-state index contributed by atoms with van der Waals surface area (Å²) in [6.07, 6.45) is -0.477. The fourth-order valence-electron chi connectivity index (χ4n) is 2.08. The molecular formula is C13H15N3O4. The molecule has 1 aliphatic heterocycles. The first-order valence-electron chi connectivity index (χ1n) is 6.33. The smallest absolute Gasteiger partial charge is 0.311 e. The van der Waals surface area contributed by atoms with E-state index >= 15 is 0 Å². The number of nitriles is 1. The van der Waals surface area contributed by atoms with Crippen LogP contribution in [0.5, 0.6) is 5.75 Å². The first kappa shape index (κ1) is 14.1. The van der Waals surface area contributed by atoms with E-state index in [-0.39, 0.29) is 11.4 Å². The van der Waals surface area contributed by atoms with E-state index in [9.17, 15) is 10.1 Å².